The average molecular weight is 321 g/mol. The minimum Gasteiger partial charge on any atom is -0.507 e. The van der Waals surface area contributed by atoms with Crippen LogP contribution in [0.1, 0.15) is 15.9 Å². The molecule has 1 N–H and O–H groups in total. The highest BCUT2D eigenvalue weighted by atomic mass is 35.5. The fraction of sp³-hybridized carbons (Fsp3) is 0.188. The number of fused-ring (bicyclic) bond motifs is 1. The lowest BCUT2D eigenvalue weighted by Gasteiger charge is -2.20. The monoisotopic (exact) mass is 320 g/mol. The molecule has 0 saturated heterocycles. The summed E-state index contributed by atoms with van der Waals surface area (Å²) in [7, 11) is 0. The molecule has 6 heteroatoms. The topological polar surface area (TPSA) is 65.0 Å². The molecule has 2 aromatic carbocycles. The van der Waals surface area contributed by atoms with Crippen molar-refractivity contribution in [2.24, 2.45) is 0 Å². The first-order valence-electron chi connectivity index (χ1n) is 6.68. The van der Waals surface area contributed by atoms with E-state index < -0.39 is 5.97 Å². The predicted molar refractivity (Wildman–Crippen MR) is 79.7 cm³/mol. The first-order chi connectivity index (χ1) is 10.6. The van der Waals surface area contributed by atoms with Gasteiger partial charge in [0.05, 0.1) is 5.02 Å². The van der Waals surface area contributed by atoms with E-state index in [0.29, 0.717) is 35.3 Å². The van der Waals surface area contributed by atoms with Gasteiger partial charge >= 0.3 is 5.97 Å². The van der Waals surface area contributed by atoms with E-state index in [0.717, 1.165) is 0 Å². The lowest BCUT2D eigenvalue weighted by Crippen LogP contribution is -2.16. The number of ether oxygens (including phenoxy) is 3. The van der Waals surface area contributed by atoms with Crippen molar-refractivity contribution in [1.29, 1.82) is 0 Å². The van der Waals surface area contributed by atoms with Crippen LogP contribution in [0, 0.1) is 0 Å². The highest BCUT2D eigenvalue weighted by molar-refractivity contribution is 6.32. The van der Waals surface area contributed by atoms with Gasteiger partial charge in [0.1, 0.15) is 31.1 Å². The number of carbonyl (C=O) groups excluding carboxylic acids is 1. The molecule has 0 aromatic heterocycles. The normalized spacial score (nSPS) is 12.8. The molecule has 5 nitrogen and oxygen atoms in total. The quantitative estimate of drug-likeness (QED) is 0.880. The molecule has 0 spiro atoms. The second-order valence-electron chi connectivity index (χ2n) is 4.70. The molecule has 1 heterocycles. The highest BCUT2D eigenvalue weighted by Gasteiger charge is 2.18. The molecular weight excluding hydrogens is 308 g/mol. The van der Waals surface area contributed by atoms with E-state index in [1.165, 1.54) is 12.1 Å². The van der Waals surface area contributed by atoms with E-state index in [2.05, 4.69) is 0 Å². The van der Waals surface area contributed by atoms with Crippen molar-refractivity contribution >= 4 is 17.6 Å². The Morgan fingerprint density at radius 1 is 1.23 bits per heavy atom. The Morgan fingerprint density at radius 2 is 2.00 bits per heavy atom. The summed E-state index contributed by atoms with van der Waals surface area (Å²) in [6.45, 7) is 0.919. The highest BCUT2D eigenvalue weighted by Crippen LogP contribution is 2.38. The van der Waals surface area contributed by atoms with E-state index in [9.17, 15) is 9.90 Å². The van der Waals surface area contributed by atoms with Crippen LogP contribution in [0.25, 0.3) is 0 Å². The van der Waals surface area contributed by atoms with Crippen LogP contribution in [0.2, 0.25) is 5.02 Å². The van der Waals surface area contributed by atoms with Crippen LogP contribution in [0.4, 0.5) is 0 Å². The second kappa shape index (κ2) is 6.15. The third-order valence-corrected chi connectivity index (χ3v) is 3.43. The van der Waals surface area contributed by atoms with Gasteiger partial charge in [0.25, 0.3) is 0 Å². The van der Waals surface area contributed by atoms with Crippen LogP contribution in [0.5, 0.6) is 17.2 Å². The van der Waals surface area contributed by atoms with E-state index >= 15 is 0 Å². The van der Waals surface area contributed by atoms with Crippen molar-refractivity contribution in [2.75, 3.05) is 13.2 Å². The van der Waals surface area contributed by atoms with Gasteiger partial charge in [-0.2, -0.15) is 0 Å². The Bertz CT molecular complexity index is 714. The van der Waals surface area contributed by atoms with Crippen molar-refractivity contribution in [1.82, 2.24) is 0 Å². The van der Waals surface area contributed by atoms with Crippen molar-refractivity contribution in [3.63, 3.8) is 0 Å². The van der Waals surface area contributed by atoms with Gasteiger partial charge in [0.2, 0.25) is 0 Å². The molecule has 1 aliphatic heterocycles. The summed E-state index contributed by atoms with van der Waals surface area (Å²) in [6, 6.07) is 9.58. The Kier molecular flexibility index (Phi) is 4.06. The van der Waals surface area contributed by atoms with E-state index in [4.69, 9.17) is 25.8 Å². The van der Waals surface area contributed by atoms with Gasteiger partial charge in [-0.15, -0.1) is 0 Å². The Morgan fingerprint density at radius 3 is 2.82 bits per heavy atom. The number of phenols is 1. The number of halogens is 1. The first kappa shape index (κ1) is 14.5. The minimum absolute atomic E-state index is 0.0174. The number of hydrogen-bond acceptors (Lipinski definition) is 5. The van der Waals surface area contributed by atoms with E-state index in [1.54, 1.807) is 24.3 Å². The minimum atomic E-state index is -0.607. The number of rotatable bonds is 3. The van der Waals surface area contributed by atoms with Crippen molar-refractivity contribution in [3.8, 4) is 17.2 Å². The SMILES string of the molecule is O=C(OCc1cc(Cl)c2c(c1)OCCO2)c1ccccc1O. The lowest BCUT2D eigenvalue weighted by atomic mass is 10.2. The van der Waals surface area contributed by atoms with E-state index in [1.807, 2.05) is 0 Å². The molecule has 1 aliphatic rings. The maximum Gasteiger partial charge on any atom is 0.342 e. The number of aromatic hydroxyl groups is 1. The number of benzene rings is 2. The molecule has 0 saturated carbocycles. The molecule has 2 aromatic rings. The van der Waals surface area contributed by atoms with Crippen LogP contribution < -0.4 is 9.47 Å². The smallest absolute Gasteiger partial charge is 0.342 e. The zero-order chi connectivity index (χ0) is 15.5. The average Bonchev–Trinajstić information content (AvgIpc) is 2.53. The Balaban J connectivity index is 1.73. The molecule has 22 heavy (non-hydrogen) atoms. The van der Waals surface area contributed by atoms with Crippen molar-refractivity contribution < 1.29 is 24.1 Å². The first-order valence-corrected chi connectivity index (χ1v) is 7.06. The summed E-state index contributed by atoms with van der Waals surface area (Å²) < 4.78 is 16.1. The summed E-state index contributed by atoms with van der Waals surface area (Å²) in [6.07, 6.45) is 0. The van der Waals surface area contributed by atoms with Crippen LogP contribution >= 0.6 is 11.6 Å². The molecule has 3 rings (SSSR count). The van der Waals surface area contributed by atoms with Crippen LogP contribution in [-0.4, -0.2) is 24.3 Å². The van der Waals surface area contributed by atoms with Crippen molar-refractivity contribution in [3.05, 3.63) is 52.5 Å². The maximum atomic E-state index is 11.9. The number of hydrogen-bond donors (Lipinski definition) is 1. The zero-order valence-corrected chi connectivity index (χ0v) is 12.3. The Hall–Kier alpha value is -2.40. The molecule has 0 fully saturated rings. The van der Waals surface area contributed by atoms with Gasteiger partial charge in [-0.3, -0.25) is 0 Å². The van der Waals surface area contributed by atoms with Crippen LogP contribution in [-0.2, 0) is 11.3 Å². The number of esters is 1. The lowest BCUT2D eigenvalue weighted by molar-refractivity contribution is 0.0468. The molecular formula is C16H13ClO5. The molecule has 0 amide bonds. The van der Waals surface area contributed by atoms with Gasteiger partial charge in [-0.25, -0.2) is 4.79 Å². The summed E-state index contributed by atoms with van der Waals surface area (Å²) in [5.41, 5.74) is 0.796. The van der Waals surface area contributed by atoms with Crippen LogP contribution in [0.15, 0.2) is 36.4 Å². The molecule has 0 atom stereocenters. The molecule has 0 radical (unpaired) electrons. The third-order valence-electron chi connectivity index (χ3n) is 3.15. The standard InChI is InChI=1S/C16H13ClO5/c17-12-7-10(8-14-15(12)21-6-5-20-14)9-22-16(19)11-3-1-2-4-13(11)18/h1-4,7-8,18H,5-6,9H2. The zero-order valence-electron chi connectivity index (χ0n) is 11.5. The second-order valence-corrected chi connectivity index (χ2v) is 5.10. The van der Waals surface area contributed by atoms with Gasteiger partial charge in [0.15, 0.2) is 11.5 Å². The maximum absolute atomic E-state index is 11.9. The summed E-state index contributed by atoms with van der Waals surface area (Å²) >= 11 is 6.12. The van der Waals surface area contributed by atoms with Crippen molar-refractivity contribution in [2.45, 2.75) is 6.61 Å². The van der Waals surface area contributed by atoms with Gasteiger partial charge in [0, 0.05) is 0 Å². The summed E-state index contributed by atoms with van der Waals surface area (Å²) in [5.74, 6) is 0.313. The number of para-hydroxylation sites is 1. The summed E-state index contributed by atoms with van der Waals surface area (Å²) in [4.78, 5) is 11.9. The van der Waals surface area contributed by atoms with Gasteiger partial charge in [-0.1, -0.05) is 23.7 Å². The number of carbonyl (C=O) groups is 1. The Labute approximate surface area is 132 Å². The molecule has 114 valence electrons. The van der Waals surface area contributed by atoms with Gasteiger partial charge in [-0.05, 0) is 29.8 Å². The molecule has 0 bridgehead atoms. The van der Waals surface area contributed by atoms with E-state index in [-0.39, 0.29) is 17.9 Å². The fourth-order valence-corrected chi connectivity index (χ4v) is 2.41. The summed E-state index contributed by atoms with van der Waals surface area (Å²) in [5, 5.41) is 10.0. The fourth-order valence-electron chi connectivity index (χ4n) is 2.12. The van der Waals surface area contributed by atoms with Crippen LogP contribution in [0.3, 0.4) is 0 Å². The predicted octanol–water partition coefficient (Wildman–Crippen LogP) is 3.17. The number of phenolic OH excluding ortho intramolecular Hbond substituents is 1. The molecule has 0 unspecified atom stereocenters. The van der Waals surface area contributed by atoms with Gasteiger partial charge < -0.3 is 19.3 Å². The molecule has 0 aliphatic carbocycles. The largest absolute Gasteiger partial charge is 0.507 e. The third kappa shape index (κ3) is 2.94.